The van der Waals surface area contributed by atoms with E-state index in [0.717, 1.165) is 23.4 Å². The van der Waals surface area contributed by atoms with Crippen LogP contribution < -0.4 is 4.80 Å². The molecule has 2 nitrogen and oxygen atoms in total. The van der Waals surface area contributed by atoms with Crippen molar-refractivity contribution in [3.8, 4) is 11.3 Å². The molecular weight excluding hydrogens is 473 g/mol. The van der Waals surface area contributed by atoms with Crippen molar-refractivity contribution < 1.29 is 13.2 Å². The molecule has 8 heteroatoms. The highest BCUT2D eigenvalue weighted by atomic mass is 79.9. The molecule has 0 saturated carbocycles. The number of alkyl halides is 3. The number of thiazole rings is 1. The zero-order valence-corrected chi connectivity index (χ0v) is 18.5. The van der Waals surface area contributed by atoms with Gasteiger partial charge in [-0.1, -0.05) is 43.6 Å². The van der Waals surface area contributed by atoms with Crippen LogP contribution in [0.4, 0.5) is 18.9 Å². The number of aromatic nitrogens is 1. The van der Waals surface area contributed by atoms with E-state index in [0.29, 0.717) is 22.3 Å². The maximum Gasteiger partial charge on any atom is 0.416 e. The molecule has 0 aliphatic heterocycles. The Morgan fingerprint density at radius 3 is 2.39 bits per heavy atom. The van der Waals surface area contributed by atoms with Crippen LogP contribution in [-0.2, 0) is 12.7 Å². The fraction of sp³-hybridized carbons (Fsp3) is 0.250. The minimum absolute atomic E-state index is 0. The van der Waals surface area contributed by atoms with E-state index in [4.69, 9.17) is 11.6 Å². The van der Waals surface area contributed by atoms with Crippen molar-refractivity contribution in [2.75, 3.05) is 0 Å². The first-order chi connectivity index (χ1) is 12.7. The molecule has 0 radical (unpaired) electrons. The summed E-state index contributed by atoms with van der Waals surface area (Å²) in [5, 5.41) is 2.62. The van der Waals surface area contributed by atoms with Crippen molar-refractivity contribution in [1.82, 2.24) is 4.57 Å². The molecule has 0 spiro atoms. The number of hydrogen-bond acceptors (Lipinski definition) is 2. The lowest BCUT2D eigenvalue weighted by Crippen LogP contribution is -2.19. The molecule has 0 aliphatic rings. The van der Waals surface area contributed by atoms with Crippen LogP contribution in [0.1, 0.15) is 19.4 Å². The maximum absolute atomic E-state index is 13.0. The molecule has 0 aliphatic carbocycles. The van der Waals surface area contributed by atoms with E-state index in [1.807, 2.05) is 34.2 Å². The molecule has 3 rings (SSSR count). The van der Waals surface area contributed by atoms with Gasteiger partial charge in [0, 0.05) is 16.9 Å². The van der Waals surface area contributed by atoms with Crippen LogP contribution in [0.15, 0.2) is 58.9 Å². The molecule has 0 saturated heterocycles. The first-order valence-electron chi connectivity index (χ1n) is 8.40. The van der Waals surface area contributed by atoms with Crippen molar-refractivity contribution in [3.05, 3.63) is 69.3 Å². The van der Waals surface area contributed by atoms with Crippen LogP contribution in [0.2, 0.25) is 5.02 Å². The second-order valence-electron chi connectivity index (χ2n) is 6.57. The van der Waals surface area contributed by atoms with Gasteiger partial charge in [0.05, 0.1) is 16.9 Å². The Labute approximate surface area is 181 Å². The van der Waals surface area contributed by atoms with Gasteiger partial charge < -0.3 is 4.57 Å². The van der Waals surface area contributed by atoms with Gasteiger partial charge in [-0.15, -0.1) is 28.3 Å². The Morgan fingerprint density at radius 1 is 1.11 bits per heavy atom. The second-order valence-corrected chi connectivity index (χ2v) is 7.85. The molecule has 0 unspecified atom stereocenters. The quantitative estimate of drug-likeness (QED) is 0.363. The van der Waals surface area contributed by atoms with Crippen LogP contribution in [0.3, 0.4) is 0 Å². The molecule has 1 aromatic heterocycles. The maximum atomic E-state index is 13.0. The van der Waals surface area contributed by atoms with Crippen molar-refractivity contribution in [2.24, 2.45) is 10.9 Å². The Morgan fingerprint density at radius 2 is 1.79 bits per heavy atom. The third kappa shape index (κ3) is 5.49. The molecule has 3 aromatic rings. The van der Waals surface area contributed by atoms with Gasteiger partial charge in [-0.2, -0.15) is 13.2 Å². The lowest BCUT2D eigenvalue weighted by molar-refractivity contribution is -0.137. The molecule has 28 heavy (non-hydrogen) atoms. The number of benzene rings is 2. The van der Waals surface area contributed by atoms with Crippen molar-refractivity contribution in [1.29, 1.82) is 0 Å². The monoisotopic (exact) mass is 490 g/mol. The number of halogens is 5. The summed E-state index contributed by atoms with van der Waals surface area (Å²) in [6, 6.07) is 12.6. The summed E-state index contributed by atoms with van der Waals surface area (Å²) in [4.78, 5) is 5.15. The molecule has 0 bridgehead atoms. The van der Waals surface area contributed by atoms with Crippen LogP contribution in [0.5, 0.6) is 0 Å². The first-order valence-corrected chi connectivity index (χ1v) is 9.66. The van der Waals surface area contributed by atoms with E-state index in [9.17, 15) is 13.2 Å². The highest BCUT2D eigenvalue weighted by Gasteiger charge is 2.30. The normalized spacial score (nSPS) is 12.3. The molecule has 0 fully saturated rings. The summed E-state index contributed by atoms with van der Waals surface area (Å²) >= 11 is 7.38. The fourth-order valence-electron chi connectivity index (χ4n) is 2.67. The molecule has 1 heterocycles. The summed E-state index contributed by atoms with van der Waals surface area (Å²) in [5.74, 6) is 0.353. The van der Waals surface area contributed by atoms with Gasteiger partial charge in [-0.25, -0.2) is 4.99 Å². The average Bonchev–Trinajstić information content (AvgIpc) is 2.97. The smallest absolute Gasteiger partial charge is 0.316 e. The minimum Gasteiger partial charge on any atom is -0.316 e. The Bertz CT molecular complexity index is 992. The Balaban J connectivity index is 0.00000280. The van der Waals surface area contributed by atoms with Gasteiger partial charge in [0.15, 0.2) is 4.80 Å². The largest absolute Gasteiger partial charge is 0.416 e. The standard InChI is InChI=1S/C20H18ClF3N2S.BrH/c1-13(2)11-26-18(14-6-8-16(21)9-7-14)12-27-19(26)25-17-5-3-4-15(10-17)20(22,23)24;/h3-10,12-13H,11H2,1-2H3;1H. The second kappa shape index (κ2) is 9.29. The van der Waals surface area contributed by atoms with Gasteiger partial charge in [0.2, 0.25) is 0 Å². The van der Waals surface area contributed by atoms with Crippen LogP contribution in [-0.4, -0.2) is 4.57 Å². The van der Waals surface area contributed by atoms with E-state index >= 15 is 0 Å². The highest BCUT2D eigenvalue weighted by molar-refractivity contribution is 8.93. The molecule has 0 amide bonds. The van der Waals surface area contributed by atoms with Crippen molar-refractivity contribution in [2.45, 2.75) is 26.6 Å². The molecule has 0 N–H and O–H groups in total. The van der Waals surface area contributed by atoms with E-state index in [1.165, 1.54) is 17.4 Å². The fourth-order valence-corrected chi connectivity index (χ4v) is 3.74. The SMILES string of the molecule is Br.CC(C)Cn1c(-c2ccc(Cl)cc2)csc1=Nc1cccc(C(F)(F)F)c1. The van der Waals surface area contributed by atoms with Gasteiger partial charge in [0.25, 0.3) is 0 Å². The predicted octanol–water partition coefficient (Wildman–Crippen LogP) is 7.36. The summed E-state index contributed by atoms with van der Waals surface area (Å²) in [7, 11) is 0. The van der Waals surface area contributed by atoms with Gasteiger partial charge in [-0.05, 0) is 41.8 Å². The van der Waals surface area contributed by atoms with E-state index in [1.54, 1.807) is 6.07 Å². The summed E-state index contributed by atoms with van der Waals surface area (Å²) < 4.78 is 40.9. The van der Waals surface area contributed by atoms with E-state index in [2.05, 4.69) is 18.8 Å². The lowest BCUT2D eigenvalue weighted by atomic mass is 10.1. The zero-order chi connectivity index (χ0) is 19.6. The Hall–Kier alpha value is -1.57. The lowest BCUT2D eigenvalue weighted by Gasteiger charge is -2.12. The molecular formula is C20H19BrClF3N2S. The number of nitrogens with zero attached hydrogens (tertiary/aromatic N) is 2. The topological polar surface area (TPSA) is 17.3 Å². The molecule has 2 aromatic carbocycles. The van der Waals surface area contributed by atoms with E-state index in [-0.39, 0.29) is 22.7 Å². The summed E-state index contributed by atoms with van der Waals surface area (Å²) in [6.45, 7) is 4.88. The Kier molecular flexibility index (Phi) is 7.53. The van der Waals surface area contributed by atoms with E-state index < -0.39 is 11.7 Å². The third-order valence-corrected chi connectivity index (χ3v) is 5.00. The zero-order valence-electron chi connectivity index (χ0n) is 15.2. The summed E-state index contributed by atoms with van der Waals surface area (Å²) in [6.07, 6.45) is -4.39. The number of hydrogen-bond donors (Lipinski definition) is 0. The third-order valence-electron chi connectivity index (χ3n) is 3.88. The minimum atomic E-state index is -4.39. The van der Waals surface area contributed by atoms with Gasteiger partial charge >= 0.3 is 6.18 Å². The average molecular weight is 492 g/mol. The highest BCUT2D eigenvalue weighted by Crippen LogP contribution is 2.31. The van der Waals surface area contributed by atoms with Crippen LogP contribution >= 0.6 is 39.9 Å². The summed E-state index contributed by atoms with van der Waals surface area (Å²) in [5.41, 5.74) is 1.54. The molecule has 0 atom stereocenters. The first kappa shape index (κ1) is 22.7. The molecule has 150 valence electrons. The van der Waals surface area contributed by atoms with Crippen LogP contribution in [0, 0.1) is 5.92 Å². The van der Waals surface area contributed by atoms with Crippen molar-refractivity contribution in [3.63, 3.8) is 0 Å². The van der Waals surface area contributed by atoms with Crippen molar-refractivity contribution >= 4 is 45.6 Å². The number of rotatable bonds is 4. The predicted molar refractivity (Wildman–Crippen MR) is 115 cm³/mol. The van der Waals surface area contributed by atoms with Crippen LogP contribution in [0.25, 0.3) is 11.3 Å². The van der Waals surface area contributed by atoms with Gasteiger partial charge in [0.1, 0.15) is 0 Å². The van der Waals surface area contributed by atoms with Gasteiger partial charge in [-0.3, -0.25) is 0 Å².